The smallest absolute Gasteiger partial charge is 0.300 e. The quantitative estimate of drug-likeness (QED) is 0.369. The number of benzene rings is 2. The van der Waals surface area contributed by atoms with Gasteiger partial charge in [0.2, 0.25) is 0 Å². The minimum atomic E-state index is -0.885. The first-order chi connectivity index (χ1) is 13.9. The maximum atomic E-state index is 13.0. The van der Waals surface area contributed by atoms with Crippen LogP contribution in [0.15, 0.2) is 70.7 Å². The minimum absolute atomic E-state index is 0.0341. The van der Waals surface area contributed by atoms with E-state index in [1.54, 1.807) is 49.4 Å². The fraction of sp³-hybridized carbons (Fsp3) is 0.130. The van der Waals surface area contributed by atoms with Gasteiger partial charge < -0.3 is 9.52 Å². The molecule has 0 radical (unpaired) electrons. The zero-order chi connectivity index (χ0) is 20.7. The van der Waals surface area contributed by atoms with Gasteiger partial charge in [0.25, 0.3) is 11.7 Å². The molecule has 1 atom stereocenters. The summed E-state index contributed by atoms with van der Waals surface area (Å²) < 4.78 is 5.77. The largest absolute Gasteiger partial charge is 0.507 e. The number of hydrogen-bond donors (Lipinski definition) is 1. The molecule has 5 nitrogen and oxygen atoms in total. The van der Waals surface area contributed by atoms with Crippen molar-refractivity contribution < 1.29 is 19.1 Å². The molecule has 1 amide bonds. The van der Waals surface area contributed by atoms with Gasteiger partial charge in [-0.3, -0.25) is 14.5 Å². The number of furan rings is 1. The minimum Gasteiger partial charge on any atom is -0.507 e. The van der Waals surface area contributed by atoms with Crippen LogP contribution < -0.4 is 4.90 Å². The van der Waals surface area contributed by atoms with Crippen molar-refractivity contribution in [1.82, 2.24) is 0 Å². The third-order valence-electron chi connectivity index (χ3n) is 4.85. The second kappa shape index (κ2) is 7.26. The summed E-state index contributed by atoms with van der Waals surface area (Å²) in [7, 11) is 0. The van der Waals surface area contributed by atoms with E-state index in [4.69, 9.17) is 16.0 Å². The number of aliphatic hydroxyl groups is 1. The number of amides is 1. The van der Waals surface area contributed by atoms with Crippen molar-refractivity contribution in [2.45, 2.75) is 19.9 Å². The molecule has 0 bridgehead atoms. The molecule has 3 aromatic rings. The lowest BCUT2D eigenvalue weighted by Crippen LogP contribution is -2.29. The predicted molar refractivity (Wildman–Crippen MR) is 111 cm³/mol. The van der Waals surface area contributed by atoms with E-state index in [-0.39, 0.29) is 11.3 Å². The van der Waals surface area contributed by atoms with Crippen molar-refractivity contribution in [1.29, 1.82) is 0 Å². The van der Waals surface area contributed by atoms with Crippen LogP contribution >= 0.6 is 11.6 Å². The summed E-state index contributed by atoms with van der Waals surface area (Å²) in [6.07, 6.45) is 0. The average Bonchev–Trinajstić information content (AvgIpc) is 3.23. The molecule has 0 saturated carbocycles. The first-order valence-corrected chi connectivity index (χ1v) is 9.44. The van der Waals surface area contributed by atoms with E-state index in [0.29, 0.717) is 27.8 Å². The molecule has 1 saturated heterocycles. The van der Waals surface area contributed by atoms with Crippen molar-refractivity contribution in [2.24, 2.45) is 0 Å². The SMILES string of the molecule is Cc1cccc(N2C(=O)C(=O)/C(=C(\O)c3cccc(Cl)c3)C2c2ccc(C)o2)c1. The third kappa shape index (κ3) is 3.34. The third-order valence-corrected chi connectivity index (χ3v) is 5.09. The molecule has 1 unspecified atom stereocenters. The Hall–Kier alpha value is -3.31. The Kier molecular flexibility index (Phi) is 4.76. The Labute approximate surface area is 172 Å². The number of halogens is 1. The van der Waals surface area contributed by atoms with E-state index >= 15 is 0 Å². The van der Waals surface area contributed by atoms with E-state index in [9.17, 15) is 14.7 Å². The predicted octanol–water partition coefficient (Wildman–Crippen LogP) is 5.18. The van der Waals surface area contributed by atoms with Gasteiger partial charge in [0.1, 0.15) is 23.3 Å². The van der Waals surface area contributed by atoms with E-state index in [2.05, 4.69) is 0 Å². The molecule has 29 heavy (non-hydrogen) atoms. The number of Topliss-reactive ketones (excluding diaryl/α,β-unsaturated/α-hetero) is 1. The monoisotopic (exact) mass is 407 g/mol. The molecule has 6 heteroatoms. The lowest BCUT2D eigenvalue weighted by molar-refractivity contribution is -0.132. The van der Waals surface area contributed by atoms with Gasteiger partial charge in [-0.15, -0.1) is 0 Å². The summed E-state index contributed by atoms with van der Waals surface area (Å²) in [5.41, 5.74) is 1.81. The highest BCUT2D eigenvalue weighted by molar-refractivity contribution is 6.51. The zero-order valence-electron chi connectivity index (χ0n) is 15.8. The van der Waals surface area contributed by atoms with E-state index in [0.717, 1.165) is 5.56 Å². The highest BCUT2D eigenvalue weighted by Crippen LogP contribution is 2.42. The van der Waals surface area contributed by atoms with Crippen LogP contribution in [0.5, 0.6) is 0 Å². The van der Waals surface area contributed by atoms with Gasteiger partial charge in [-0.05, 0) is 55.8 Å². The van der Waals surface area contributed by atoms with E-state index in [1.807, 2.05) is 25.1 Å². The number of carbonyl (C=O) groups is 2. The van der Waals surface area contributed by atoms with Crippen LogP contribution in [0.25, 0.3) is 5.76 Å². The number of carbonyl (C=O) groups excluding carboxylic acids is 2. The summed E-state index contributed by atoms with van der Waals surface area (Å²) in [6.45, 7) is 3.68. The van der Waals surface area contributed by atoms with Crippen molar-refractivity contribution in [2.75, 3.05) is 4.90 Å². The fourth-order valence-electron chi connectivity index (χ4n) is 3.54. The highest BCUT2D eigenvalue weighted by atomic mass is 35.5. The Balaban J connectivity index is 1.95. The molecule has 1 N–H and O–H groups in total. The molecule has 1 aliphatic rings. The Morgan fingerprint density at radius 2 is 1.79 bits per heavy atom. The maximum Gasteiger partial charge on any atom is 0.300 e. The number of aryl methyl sites for hydroxylation is 2. The van der Waals surface area contributed by atoms with Crippen LogP contribution in [0.4, 0.5) is 5.69 Å². The number of aliphatic hydroxyl groups excluding tert-OH is 1. The number of ketones is 1. The molecule has 0 spiro atoms. The standard InChI is InChI=1S/C23H18ClNO4/c1-13-5-3-8-17(11-13)25-20(18-10-9-14(2)29-18)19(22(27)23(25)28)21(26)15-6-4-7-16(24)12-15/h3-12,20,26H,1-2H3/b21-19-. The number of anilines is 1. The van der Waals surface area contributed by atoms with E-state index in [1.165, 1.54) is 4.90 Å². The number of hydrogen-bond acceptors (Lipinski definition) is 4. The lowest BCUT2D eigenvalue weighted by atomic mass is 9.99. The Bertz CT molecular complexity index is 1160. The van der Waals surface area contributed by atoms with Gasteiger partial charge in [-0.1, -0.05) is 35.9 Å². The van der Waals surface area contributed by atoms with Gasteiger partial charge in [0.15, 0.2) is 0 Å². The normalized spacial score (nSPS) is 18.4. The zero-order valence-corrected chi connectivity index (χ0v) is 16.6. The van der Waals surface area contributed by atoms with Crippen LogP contribution in [0, 0.1) is 13.8 Å². The lowest BCUT2D eigenvalue weighted by Gasteiger charge is -2.23. The molecule has 1 aliphatic heterocycles. The molecule has 0 aliphatic carbocycles. The first-order valence-electron chi connectivity index (χ1n) is 9.07. The molecule has 2 heterocycles. The van der Waals surface area contributed by atoms with Gasteiger partial charge in [-0.2, -0.15) is 0 Å². The molecule has 146 valence electrons. The topological polar surface area (TPSA) is 70.8 Å². The van der Waals surface area contributed by atoms with Crippen molar-refractivity contribution >= 4 is 34.7 Å². The Morgan fingerprint density at radius 1 is 1.03 bits per heavy atom. The summed E-state index contributed by atoms with van der Waals surface area (Å²) in [5.74, 6) is -0.759. The van der Waals surface area contributed by atoms with E-state index < -0.39 is 17.7 Å². The van der Waals surface area contributed by atoms with Crippen LogP contribution in [-0.4, -0.2) is 16.8 Å². The molecule has 2 aromatic carbocycles. The molecule has 1 fully saturated rings. The molecular formula is C23H18ClNO4. The van der Waals surface area contributed by atoms with Crippen LogP contribution in [0.2, 0.25) is 5.02 Å². The number of rotatable bonds is 3. The molecule has 1 aromatic heterocycles. The fourth-order valence-corrected chi connectivity index (χ4v) is 3.73. The summed E-state index contributed by atoms with van der Waals surface area (Å²) in [4.78, 5) is 27.3. The molecule has 4 rings (SSSR count). The van der Waals surface area contributed by atoms with Crippen molar-refractivity contribution in [3.8, 4) is 0 Å². The van der Waals surface area contributed by atoms with Crippen LogP contribution in [-0.2, 0) is 9.59 Å². The summed E-state index contributed by atoms with van der Waals surface area (Å²) in [5, 5.41) is 11.4. The van der Waals surface area contributed by atoms with Crippen LogP contribution in [0.1, 0.15) is 28.7 Å². The molecular weight excluding hydrogens is 390 g/mol. The van der Waals surface area contributed by atoms with Gasteiger partial charge >= 0.3 is 0 Å². The van der Waals surface area contributed by atoms with Crippen LogP contribution in [0.3, 0.4) is 0 Å². The highest BCUT2D eigenvalue weighted by Gasteiger charge is 2.48. The van der Waals surface area contributed by atoms with Gasteiger partial charge in [-0.25, -0.2) is 0 Å². The second-order valence-electron chi connectivity index (χ2n) is 6.97. The van der Waals surface area contributed by atoms with Gasteiger partial charge in [0.05, 0.1) is 5.57 Å². The maximum absolute atomic E-state index is 13.0. The summed E-state index contributed by atoms with van der Waals surface area (Å²) >= 11 is 6.04. The Morgan fingerprint density at radius 3 is 2.45 bits per heavy atom. The first kappa shape index (κ1) is 19.0. The average molecular weight is 408 g/mol. The summed E-state index contributed by atoms with van der Waals surface area (Å²) in [6, 6.07) is 16.4. The number of nitrogens with zero attached hydrogens (tertiary/aromatic N) is 1. The van der Waals surface area contributed by atoms with Gasteiger partial charge in [0, 0.05) is 16.3 Å². The van der Waals surface area contributed by atoms with Crippen molar-refractivity contribution in [3.05, 3.63) is 93.9 Å². The second-order valence-corrected chi connectivity index (χ2v) is 7.40. The van der Waals surface area contributed by atoms with Crippen molar-refractivity contribution in [3.63, 3.8) is 0 Å².